The Balaban J connectivity index is 2.22. The minimum absolute atomic E-state index is 0.137. The van der Waals surface area contributed by atoms with E-state index >= 15 is 0 Å². The third kappa shape index (κ3) is 2.25. The van der Waals surface area contributed by atoms with Gasteiger partial charge in [-0.25, -0.2) is 9.07 Å². The van der Waals surface area contributed by atoms with E-state index in [1.807, 2.05) is 6.92 Å². The molecule has 0 unspecified atom stereocenters. The Morgan fingerprint density at radius 2 is 2.25 bits per heavy atom. The summed E-state index contributed by atoms with van der Waals surface area (Å²) in [6.45, 7) is 2.23. The van der Waals surface area contributed by atoms with Crippen molar-refractivity contribution >= 4 is 0 Å². The van der Waals surface area contributed by atoms with Crippen molar-refractivity contribution in [3.8, 4) is 0 Å². The molecule has 5 heteroatoms. The molecule has 1 aromatic carbocycles. The lowest BCUT2D eigenvalue weighted by atomic mass is 10.1. The molecule has 0 aliphatic rings. The average Bonchev–Trinajstić information content (AvgIpc) is 2.71. The molecule has 0 atom stereocenters. The van der Waals surface area contributed by atoms with E-state index in [1.165, 1.54) is 12.1 Å². The van der Waals surface area contributed by atoms with Crippen molar-refractivity contribution in [2.75, 3.05) is 0 Å². The molecule has 84 valence electrons. The minimum atomic E-state index is -0.261. The summed E-state index contributed by atoms with van der Waals surface area (Å²) < 4.78 is 14.6. The Bertz CT molecular complexity index is 496. The zero-order valence-electron chi connectivity index (χ0n) is 8.89. The summed E-state index contributed by atoms with van der Waals surface area (Å²) >= 11 is 0. The first kappa shape index (κ1) is 10.8. The van der Waals surface area contributed by atoms with Crippen molar-refractivity contribution in [1.82, 2.24) is 15.0 Å². The molecule has 0 spiro atoms. The second-order valence-electron chi connectivity index (χ2n) is 3.64. The van der Waals surface area contributed by atoms with Crippen molar-refractivity contribution in [2.45, 2.75) is 20.1 Å². The Morgan fingerprint density at radius 3 is 2.94 bits per heavy atom. The van der Waals surface area contributed by atoms with E-state index in [1.54, 1.807) is 16.9 Å². The van der Waals surface area contributed by atoms with Gasteiger partial charge in [-0.1, -0.05) is 11.3 Å². The predicted molar refractivity (Wildman–Crippen MR) is 56.2 cm³/mol. The fourth-order valence-corrected chi connectivity index (χ4v) is 1.47. The lowest BCUT2D eigenvalue weighted by molar-refractivity contribution is 0.276. The van der Waals surface area contributed by atoms with Gasteiger partial charge in [-0.15, -0.1) is 5.10 Å². The number of aromatic nitrogens is 3. The smallest absolute Gasteiger partial charge is 0.123 e. The van der Waals surface area contributed by atoms with Gasteiger partial charge in [0.25, 0.3) is 0 Å². The van der Waals surface area contributed by atoms with Crippen molar-refractivity contribution < 1.29 is 9.50 Å². The van der Waals surface area contributed by atoms with Crippen LogP contribution in [0.1, 0.15) is 16.8 Å². The van der Waals surface area contributed by atoms with Crippen molar-refractivity contribution in [2.24, 2.45) is 0 Å². The highest BCUT2D eigenvalue weighted by Gasteiger charge is 2.04. The average molecular weight is 221 g/mol. The van der Waals surface area contributed by atoms with Gasteiger partial charge >= 0.3 is 0 Å². The Labute approximate surface area is 92.3 Å². The maximum Gasteiger partial charge on any atom is 0.123 e. The molecule has 2 aromatic rings. The highest BCUT2D eigenvalue weighted by atomic mass is 19.1. The highest BCUT2D eigenvalue weighted by molar-refractivity contribution is 5.26. The summed E-state index contributed by atoms with van der Waals surface area (Å²) in [6, 6.07) is 4.64. The zero-order chi connectivity index (χ0) is 11.5. The van der Waals surface area contributed by atoms with Crippen molar-refractivity contribution in [1.29, 1.82) is 0 Å². The Hall–Kier alpha value is -1.75. The van der Waals surface area contributed by atoms with E-state index in [9.17, 15) is 4.39 Å². The van der Waals surface area contributed by atoms with Crippen LogP contribution in [0.5, 0.6) is 0 Å². The fraction of sp³-hybridized carbons (Fsp3) is 0.273. The van der Waals surface area contributed by atoms with E-state index in [4.69, 9.17) is 5.11 Å². The number of nitrogens with zero attached hydrogens (tertiary/aromatic N) is 3. The Kier molecular flexibility index (Phi) is 2.96. The summed E-state index contributed by atoms with van der Waals surface area (Å²) in [5, 5.41) is 16.4. The third-order valence-corrected chi connectivity index (χ3v) is 2.39. The molecule has 1 N–H and O–H groups in total. The molecule has 0 fully saturated rings. The zero-order valence-corrected chi connectivity index (χ0v) is 8.89. The van der Waals surface area contributed by atoms with Crippen LogP contribution < -0.4 is 0 Å². The van der Waals surface area contributed by atoms with Gasteiger partial charge < -0.3 is 5.11 Å². The Morgan fingerprint density at radius 1 is 1.44 bits per heavy atom. The molecule has 1 heterocycles. The number of hydrogen-bond donors (Lipinski definition) is 1. The number of aliphatic hydroxyl groups excluding tert-OH is 1. The van der Waals surface area contributed by atoms with Gasteiger partial charge in [0.2, 0.25) is 0 Å². The van der Waals surface area contributed by atoms with Gasteiger partial charge in [0.05, 0.1) is 19.3 Å². The van der Waals surface area contributed by atoms with Crippen LogP contribution >= 0.6 is 0 Å². The SMILES string of the molecule is Cc1ccc(F)cc1Cn1cc(CO)nn1. The molecule has 0 aliphatic heterocycles. The minimum Gasteiger partial charge on any atom is -0.390 e. The molecule has 0 bridgehead atoms. The summed E-state index contributed by atoms with van der Waals surface area (Å²) in [6.07, 6.45) is 1.64. The summed E-state index contributed by atoms with van der Waals surface area (Å²) in [7, 11) is 0. The van der Waals surface area contributed by atoms with Crippen LogP contribution in [0.2, 0.25) is 0 Å². The molecule has 0 radical (unpaired) electrons. The van der Waals surface area contributed by atoms with E-state index in [-0.39, 0.29) is 12.4 Å². The topological polar surface area (TPSA) is 50.9 Å². The maximum atomic E-state index is 13.0. The fourth-order valence-electron chi connectivity index (χ4n) is 1.47. The van der Waals surface area contributed by atoms with Gasteiger partial charge in [-0.3, -0.25) is 0 Å². The summed E-state index contributed by atoms with van der Waals surface area (Å²) in [5.41, 5.74) is 2.37. The second-order valence-corrected chi connectivity index (χ2v) is 3.64. The van der Waals surface area contributed by atoms with Crippen LogP contribution in [0.3, 0.4) is 0 Å². The van der Waals surface area contributed by atoms with Gasteiger partial charge in [0.1, 0.15) is 11.5 Å². The van der Waals surface area contributed by atoms with Crippen LogP contribution in [-0.4, -0.2) is 20.1 Å². The van der Waals surface area contributed by atoms with Gasteiger partial charge in [-0.2, -0.15) is 0 Å². The largest absolute Gasteiger partial charge is 0.390 e. The van der Waals surface area contributed by atoms with Crippen LogP contribution in [0.25, 0.3) is 0 Å². The second kappa shape index (κ2) is 4.40. The standard InChI is InChI=1S/C11H12FN3O/c1-8-2-3-10(12)4-9(8)5-15-6-11(7-16)13-14-15/h2-4,6,16H,5,7H2,1H3. The number of aliphatic hydroxyl groups is 1. The lowest BCUT2D eigenvalue weighted by Crippen LogP contribution is -2.02. The van der Waals surface area contributed by atoms with Gasteiger partial charge in [0, 0.05) is 0 Å². The third-order valence-electron chi connectivity index (χ3n) is 2.39. The molecule has 0 saturated heterocycles. The predicted octanol–water partition coefficient (Wildman–Crippen LogP) is 1.27. The van der Waals surface area contributed by atoms with Crippen LogP contribution in [0.15, 0.2) is 24.4 Å². The number of aryl methyl sites for hydroxylation is 1. The molecular formula is C11H12FN3O. The molecule has 16 heavy (non-hydrogen) atoms. The van der Waals surface area contributed by atoms with E-state index in [0.717, 1.165) is 11.1 Å². The van der Waals surface area contributed by atoms with Gasteiger partial charge in [-0.05, 0) is 30.2 Å². The van der Waals surface area contributed by atoms with Crippen LogP contribution in [0, 0.1) is 12.7 Å². The number of rotatable bonds is 3. The van der Waals surface area contributed by atoms with Crippen LogP contribution in [0.4, 0.5) is 4.39 Å². The van der Waals surface area contributed by atoms with Gasteiger partial charge in [0.15, 0.2) is 0 Å². The molecular weight excluding hydrogens is 209 g/mol. The molecule has 0 aliphatic carbocycles. The normalized spacial score (nSPS) is 10.7. The summed E-state index contributed by atoms with van der Waals surface area (Å²) in [4.78, 5) is 0. The molecule has 2 rings (SSSR count). The monoisotopic (exact) mass is 221 g/mol. The first-order valence-corrected chi connectivity index (χ1v) is 4.94. The number of benzene rings is 1. The molecule has 0 saturated carbocycles. The van der Waals surface area contributed by atoms with E-state index < -0.39 is 0 Å². The van der Waals surface area contributed by atoms with E-state index in [2.05, 4.69) is 10.3 Å². The maximum absolute atomic E-state index is 13.0. The first-order chi connectivity index (χ1) is 7.69. The first-order valence-electron chi connectivity index (χ1n) is 4.94. The number of halogens is 1. The highest BCUT2D eigenvalue weighted by Crippen LogP contribution is 2.11. The lowest BCUT2D eigenvalue weighted by Gasteiger charge is -2.05. The van der Waals surface area contributed by atoms with Crippen molar-refractivity contribution in [3.63, 3.8) is 0 Å². The molecule has 0 amide bonds. The molecule has 4 nitrogen and oxygen atoms in total. The number of hydrogen-bond acceptors (Lipinski definition) is 3. The van der Waals surface area contributed by atoms with E-state index in [0.29, 0.717) is 12.2 Å². The quantitative estimate of drug-likeness (QED) is 0.849. The van der Waals surface area contributed by atoms with Crippen LogP contribution in [-0.2, 0) is 13.2 Å². The van der Waals surface area contributed by atoms with Crippen molar-refractivity contribution in [3.05, 3.63) is 47.0 Å². The summed E-state index contributed by atoms with van der Waals surface area (Å²) in [5.74, 6) is -0.261. The molecule has 1 aromatic heterocycles.